The van der Waals surface area contributed by atoms with Gasteiger partial charge in [-0.2, -0.15) is 0 Å². The van der Waals surface area contributed by atoms with Crippen LogP contribution in [0.1, 0.15) is 17.2 Å². The van der Waals surface area contributed by atoms with Crippen molar-refractivity contribution in [3.8, 4) is 0 Å². The molecule has 8 nitrogen and oxygen atoms in total. The first-order chi connectivity index (χ1) is 14.3. The van der Waals surface area contributed by atoms with Crippen molar-refractivity contribution in [1.29, 1.82) is 0 Å². The molecule has 0 unspecified atom stereocenters. The predicted octanol–water partition coefficient (Wildman–Crippen LogP) is 1.93. The Hall–Kier alpha value is -3.95. The summed E-state index contributed by atoms with van der Waals surface area (Å²) in [7, 11) is 0. The number of carboxylic acid groups (broad SMARTS) is 1. The summed E-state index contributed by atoms with van der Waals surface area (Å²) in [6, 6.07) is 10.7. The van der Waals surface area contributed by atoms with Gasteiger partial charge in [0.15, 0.2) is 0 Å². The van der Waals surface area contributed by atoms with E-state index in [1.165, 1.54) is 6.07 Å². The zero-order valence-corrected chi connectivity index (χ0v) is 15.6. The highest BCUT2D eigenvalue weighted by Crippen LogP contribution is 2.15. The molecule has 2 aromatic carbocycles. The fourth-order valence-corrected chi connectivity index (χ4v) is 3.06. The van der Waals surface area contributed by atoms with Gasteiger partial charge in [-0.05, 0) is 17.7 Å². The van der Waals surface area contributed by atoms with Crippen LogP contribution in [-0.2, 0) is 13.1 Å². The highest BCUT2D eigenvalue weighted by molar-refractivity contribution is 5.65. The summed E-state index contributed by atoms with van der Waals surface area (Å²) < 4.78 is 29.6. The molecule has 1 heterocycles. The molecule has 3 rings (SSSR count). The van der Waals surface area contributed by atoms with Crippen LogP contribution in [0.25, 0.3) is 0 Å². The summed E-state index contributed by atoms with van der Waals surface area (Å²) >= 11 is 0. The van der Waals surface area contributed by atoms with Crippen molar-refractivity contribution in [3.05, 3.63) is 98.3 Å². The van der Waals surface area contributed by atoms with Gasteiger partial charge >= 0.3 is 11.8 Å². The summed E-state index contributed by atoms with van der Waals surface area (Å²) in [4.78, 5) is 36.6. The molecule has 0 aliphatic carbocycles. The van der Waals surface area contributed by atoms with Gasteiger partial charge in [0, 0.05) is 11.8 Å². The average Bonchev–Trinajstić information content (AvgIpc) is 2.71. The van der Waals surface area contributed by atoms with Crippen LogP contribution in [0.4, 0.5) is 19.3 Å². The van der Waals surface area contributed by atoms with E-state index in [4.69, 9.17) is 10.8 Å². The topological polar surface area (TPSA) is 119 Å². The smallest absolute Gasteiger partial charge is 0.405 e. The summed E-state index contributed by atoms with van der Waals surface area (Å²) in [6.07, 6.45) is -0.343. The van der Waals surface area contributed by atoms with E-state index >= 15 is 0 Å². The average molecular weight is 416 g/mol. The standard InChI is InChI=1S/C20H18F2N4O4/c21-14-7-4-8-15(22)13(14)9-25-10-16(23)18(27)26(20(25)30)11-17(24-19(28)29)12-5-2-1-3-6-12/h1-8,10,17,24H,9,11,23H2,(H,28,29)/t17-/m0/s1. The van der Waals surface area contributed by atoms with Gasteiger partial charge < -0.3 is 16.2 Å². The van der Waals surface area contributed by atoms with Crippen molar-refractivity contribution in [2.24, 2.45) is 0 Å². The first kappa shape index (κ1) is 20.8. The van der Waals surface area contributed by atoms with Crippen LogP contribution >= 0.6 is 0 Å². The predicted molar refractivity (Wildman–Crippen MR) is 105 cm³/mol. The number of hydrogen-bond donors (Lipinski definition) is 3. The molecule has 0 fully saturated rings. The van der Waals surface area contributed by atoms with Crippen LogP contribution in [0.15, 0.2) is 64.3 Å². The van der Waals surface area contributed by atoms with Crippen molar-refractivity contribution >= 4 is 11.8 Å². The fraction of sp³-hybridized carbons (Fsp3) is 0.150. The third kappa shape index (κ3) is 4.37. The second kappa shape index (κ2) is 8.60. The van der Waals surface area contributed by atoms with Crippen LogP contribution in [0.5, 0.6) is 0 Å². The minimum atomic E-state index is -1.35. The molecular weight excluding hydrogens is 398 g/mol. The van der Waals surface area contributed by atoms with E-state index in [0.29, 0.717) is 5.56 Å². The molecule has 1 amide bonds. The van der Waals surface area contributed by atoms with Crippen LogP contribution in [0.2, 0.25) is 0 Å². The number of nitrogens with two attached hydrogens (primary N) is 1. The summed E-state index contributed by atoms with van der Waals surface area (Å²) in [6.45, 7) is -0.858. The van der Waals surface area contributed by atoms with Gasteiger partial charge in [-0.3, -0.25) is 13.9 Å². The van der Waals surface area contributed by atoms with Gasteiger partial charge in [-0.25, -0.2) is 18.4 Å². The number of amides is 1. The second-order valence-electron chi connectivity index (χ2n) is 6.52. The lowest BCUT2D eigenvalue weighted by molar-refractivity contribution is 0.188. The number of benzene rings is 2. The quantitative estimate of drug-likeness (QED) is 0.567. The maximum Gasteiger partial charge on any atom is 0.405 e. The number of nitrogens with zero attached hydrogens (tertiary/aromatic N) is 2. The van der Waals surface area contributed by atoms with E-state index in [2.05, 4.69) is 5.32 Å². The van der Waals surface area contributed by atoms with E-state index in [1.807, 2.05) is 0 Å². The Kier molecular flexibility index (Phi) is 5.95. The Morgan fingerprint density at radius 2 is 1.70 bits per heavy atom. The van der Waals surface area contributed by atoms with Crippen LogP contribution in [-0.4, -0.2) is 20.3 Å². The Balaban J connectivity index is 2.05. The number of halogens is 2. The molecular formula is C20H18F2N4O4. The number of hydrogen-bond acceptors (Lipinski definition) is 4. The molecule has 4 N–H and O–H groups in total. The number of aromatic nitrogens is 2. The molecule has 0 spiro atoms. The van der Waals surface area contributed by atoms with Gasteiger partial charge in [0.2, 0.25) is 0 Å². The van der Waals surface area contributed by atoms with Gasteiger partial charge in [0.25, 0.3) is 5.56 Å². The summed E-state index contributed by atoms with van der Waals surface area (Å²) in [5.74, 6) is -1.71. The normalized spacial score (nSPS) is 11.8. The largest absolute Gasteiger partial charge is 0.465 e. The maximum absolute atomic E-state index is 14.0. The number of nitrogens with one attached hydrogen (secondary N) is 1. The monoisotopic (exact) mass is 416 g/mol. The maximum atomic E-state index is 14.0. The van der Waals surface area contributed by atoms with Gasteiger partial charge in [0.1, 0.15) is 17.3 Å². The van der Waals surface area contributed by atoms with E-state index in [1.54, 1.807) is 30.3 Å². The van der Waals surface area contributed by atoms with E-state index in [-0.39, 0.29) is 17.8 Å². The molecule has 0 radical (unpaired) electrons. The second-order valence-corrected chi connectivity index (χ2v) is 6.52. The zero-order valence-electron chi connectivity index (χ0n) is 15.6. The Morgan fingerprint density at radius 3 is 2.30 bits per heavy atom. The number of carbonyl (C=O) groups is 1. The molecule has 0 saturated carbocycles. The first-order valence-electron chi connectivity index (χ1n) is 8.85. The van der Waals surface area contributed by atoms with Crippen molar-refractivity contribution < 1.29 is 18.7 Å². The lowest BCUT2D eigenvalue weighted by Crippen LogP contribution is -2.44. The van der Waals surface area contributed by atoms with Crippen LogP contribution in [0, 0.1) is 11.6 Å². The minimum absolute atomic E-state index is 0.325. The summed E-state index contributed by atoms with van der Waals surface area (Å²) in [5, 5.41) is 11.4. The van der Waals surface area contributed by atoms with Gasteiger partial charge in [0.05, 0.1) is 19.1 Å². The summed E-state index contributed by atoms with van der Waals surface area (Å²) in [5.41, 5.74) is 3.82. The molecule has 0 saturated heterocycles. The van der Waals surface area contributed by atoms with Crippen molar-refractivity contribution in [2.75, 3.05) is 5.73 Å². The first-order valence-corrected chi connectivity index (χ1v) is 8.85. The van der Waals surface area contributed by atoms with E-state index < -0.39 is 41.6 Å². The molecule has 1 aromatic heterocycles. The highest BCUT2D eigenvalue weighted by atomic mass is 19.1. The van der Waals surface area contributed by atoms with E-state index in [9.17, 15) is 23.2 Å². The molecule has 30 heavy (non-hydrogen) atoms. The van der Waals surface area contributed by atoms with Crippen molar-refractivity contribution in [1.82, 2.24) is 14.5 Å². The van der Waals surface area contributed by atoms with E-state index in [0.717, 1.165) is 27.5 Å². The third-order valence-corrected chi connectivity index (χ3v) is 4.52. The van der Waals surface area contributed by atoms with Crippen LogP contribution < -0.4 is 22.3 Å². The Labute approximate surface area is 168 Å². The number of nitrogen functional groups attached to an aromatic ring is 1. The molecule has 156 valence electrons. The zero-order chi connectivity index (χ0) is 21.8. The van der Waals surface area contributed by atoms with Crippen LogP contribution in [0.3, 0.4) is 0 Å². The van der Waals surface area contributed by atoms with Gasteiger partial charge in [-0.1, -0.05) is 36.4 Å². The lowest BCUT2D eigenvalue weighted by Gasteiger charge is -2.19. The highest BCUT2D eigenvalue weighted by Gasteiger charge is 2.20. The fourth-order valence-electron chi connectivity index (χ4n) is 3.06. The molecule has 0 bridgehead atoms. The molecule has 3 aromatic rings. The van der Waals surface area contributed by atoms with Crippen molar-refractivity contribution in [3.63, 3.8) is 0 Å². The lowest BCUT2D eigenvalue weighted by atomic mass is 10.1. The molecule has 1 atom stereocenters. The van der Waals surface area contributed by atoms with Gasteiger partial charge in [-0.15, -0.1) is 0 Å². The Morgan fingerprint density at radius 1 is 1.07 bits per heavy atom. The van der Waals surface area contributed by atoms with Crippen molar-refractivity contribution in [2.45, 2.75) is 19.1 Å². The minimum Gasteiger partial charge on any atom is -0.465 e. The SMILES string of the molecule is Nc1cn(Cc2c(F)cccc2F)c(=O)n(C[C@H](NC(=O)O)c2ccccc2)c1=O. The Bertz CT molecular complexity index is 1170. The molecule has 0 aliphatic heterocycles. The molecule has 10 heteroatoms. The third-order valence-electron chi connectivity index (χ3n) is 4.52. The molecule has 0 aliphatic rings. The number of anilines is 1. The number of rotatable bonds is 6.